The van der Waals surface area contributed by atoms with E-state index in [1.807, 2.05) is 60.7 Å². The zero-order valence-corrected chi connectivity index (χ0v) is 12.9. The minimum Gasteiger partial charge on any atom is -2.00 e. The molecule has 0 unspecified atom stereocenters. The molecule has 0 saturated heterocycles. The van der Waals surface area contributed by atoms with Gasteiger partial charge < -0.3 is 16.5 Å². The molecule has 0 aliphatic carbocycles. The van der Waals surface area contributed by atoms with Gasteiger partial charge in [0.2, 0.25) is 0 Å². The van der Waals surface area contributed by atoms with E-state index >= 15 is 0 Å². The van der Waals surface area contributed by atoms with Crippen LogP contribution in [-0.4, -0.2) is 5.96 Å². The van der Waals surface area contributed by atoms with Crippen LogP contribution in [0.5, 0.6) is 0 Å². The Hall–Kier alpha value is -1.71. The molecule has 3 N–H and O–H groups in total. The molecule has 0 bridgehead atoms. The largest absolute Gasteiger partial charge is 2.00 e. The van der Waals surface area contributed by atoms with E-state index in [1.165, 1.54) is 0 Å². The first-order chi connectivity index (χ1) is 7.84. The Kier molecular flexibility index (Phi) is 7.60. The Balaban J connectivity index is 0.00000144. The number of hydrogen-bond donors (Lipinski definition) is 2. The number of hydrogen-bond acceptors (Lipinski definition) is 1. The Morgan fingerprint density at radius 3 is 1.94 bits per heavy atom. The molecule has 4 nitrogen and oxygen atoms in total. The van der Waals surface area contributed by atoms with Crippen molar-refractivity contribution in [2.75, 3.05) is 5.32 Å². The first kappa shape index (κ1) is 16.3. The first-order valence-electron chi connectivity index (χ1n) is 5.06. The molecule has 0 aromatic heterocycles. The molecule has 2 rings (SSSR count). The maximum absolute atomic E-state index is 5.78. The Bertz CT molecular complexity index is 474. The zero-order chi connectivity index (χ0) is 11.2. The van der Waals surface area contributed by atoms with Crippen LogP contribution in [0, 0.1) is 0 Å². The molecule has 0 heterocycles. The van der Waals surface area contributed by atoms with E-state index in [1.54, 1.807) is 0 Å². The van der Waals surface area contributed by atoms with E-state index in [-0.39, 0.29) is 25.0 Å². The Labute approximate surface area is 119 Å². The SMILES string of the molecule is NC(=Nc1ccccc1)Nc1ccccc1.[O-2].[Zn+2]. The van der Waals surface area contributed by atoms with Gasteiger partial charge in [-0.15, -0.1) is 0 Å². The summed E-state index contributed by atoms with van der Waals surface area (Å²) in [5.74, 6) is 0.386. The van der Waals surface area contributed by atoms with Crippen LogP contribution in [0.15, 0.2) is 65.7 Å². The maximum Gasteiger partial charge on any atom is 2.00 e. The minimum absolute atomic E-state index is 0. The number of aliphatic imine (C=N–C) groups is 1. The number of nitrogens with zero attached hydrogens (tertiary/aromatic N) is 1. The molecule has 0 aliphatic rings. The number of benzene rings is 2. The number of para-hydroxylation sites is 2. The second-order valence-corrected chi connectivity index (χ2v) is 3.32. The average Bonchev–Trinajstić information content (AvgIpc) is 2.31. The van der Waals surface area contributed by atoms with Crippen molar-refractivity contribution in [1.82, 2.24) is 0 Å². The minimum atomic E-state index is 0. The van der Waals surface area contributed by atoms with Crippen molar-refractivity contribution < 1.29 is 25.0 Å². The van der Waals surface area contributed by atoms with Crippen molar-refractivity contribution in [2.24, 2.45) is 10.7 Å². The molecule has 5 heteroatoms. The molecule has 0 radical (unpaired) electrons. The molecule has 2 aromatic rings. The summed E-state index contributed by atoms with van der Waals surface area (Å²) < 4.78 is 0. The normalized spacial score (nSPS) is 9.89. The molecule has 2 aromatic carbocycles. The van der Waals surface area contributed by atoms with E-state index in [2.05, 4.69) is 10.3 Å². The van der Waals surface area contributed by atoms with Crippen LogP contribution in [-0.2, 0) is 25.0 Å². The van der Waals surface area contributed by atoms with E-state index in [9.17, 15) is 0 Å². The molecular formula is C13H13N3OZn. The topological polar surface area (TPSA) is 78.9 Å². The van der Waals surface area contributed by atoms with Crippen molar-refractivity contribution in [3.8, 4) is 0 Å². The van der Waals surface area contributed by atoms with Crippen molar-refractivity contribution in [2.45, 2.75) is 0 Å². The fourth-order valence-electron chi connectivity index (χ4n) is 1.34. The molecule has 18 heavy (non-hydrogen) atoms. The summed E-state index contributed by atoms with van der Waals surface area (Å²) in [4.78, 5) is 4.24. The standard InChI is InChI=1S/C13H13N3.O.Zn/c14-13(15-11-7-3-1-4-8-11)16-12-9-5-2-6-10-12;;/h1-10H,(H3,14,15,16);;/q;-2;+2. The van der Waals surface area contributed by atoms with E-state index in [0.29, 0.717) is 5.96 Å². The zero-order valence-electron chi connectivity index (χ0n) is 9.91. The fourth-order valence-corrected chi connectivity index (χ4v) is 1.34. The van der Waals surface area contributed by atoms with Crippen molar-refractivity contribution >= 4 is 17.3 Å². The maximum atomic E-state index is 5.78. The molecule has 0 atom stereocenters. The summed E-state index contributed by atoms with van der Waals surface area (Å²) in [6.45, 7) is 0. The van der Waals surface area contributed by atoms with Gasteiger partial charge in [-0.3, -0.25) is 0 Å². The molecule has 0 spiro atoms. The van der Waals surface area contributed by atoms with Crippen LogP contribution in [0.25, 0.3) is 0 Å². The number of nitrogens with two attached hydrogens (primary N) is 1. The van der Waals surface area contributed by atoms with E-state index in [0.717, 1.165) is 11.4 Å². The third-order valence-electron chi connectivity index (χ3n) is 2.05. The van der Waals surface area contributed by atoms with Crippen LogP contribution < -0.4 is 11.1 Å². The van der Waals surface area contributed by atoms with Gasteiger partial charge in [0.05, 0.1) is 5.69 Å². The van der Waals surface area contributed by atoms with Crippen LogP contribution >= 0.6 is 0 Å². The third kappa shape index (κ3) is 5.08. The van der Waals surface area contributed by atoms with Crippen LogP contribution in [0.2, 0.25) is 0 Å². The van der Waals surface area contributed by atoms with Crippen molar-refractivity contribution in [1.29, 1.82) is 0 Å². The van der Waals surface area contributed by atoms with Crippen molar-refractivity contribution in [3.63, 3.8) is 0 Å². The third-order valence-corrected chi connectivity index (χ3v) is 2.05. The summed E-state index contributed by atoms with van der Waals surface area (Å²) in [6.07, 6.45) is 0. The summed E-state index contributed by atoms with van der Waals surface area (Å²) in [7, 11) is 0. The Morgan fingerprint density at radius 2 is 1.39 bits per heavy atom. The Morgan fingerprint density at radius 1 is 0.889 bits per heavy atom. The number of nitrogens with one attached hydrogen (secondary N) is 1. The van der Waals surface area contributed by atoms with Gasteiger partial charge in [-0.25, -0.2) is 4.99 Å². The smallest absolute Gasteiger partial charge is 2.00 e. The van der Waals surface area contributed by atoms with Crippen LogP contribution in [0.4, 0.5) is 11.4 Å². The average molecular weight is 293 g/mol. The predicted molar refractivity (Wildman–Crippen MR) is 68.5 cm³/mol. The van der Waals surface area contributed by atoms with Gasteiger partial charge in [0, 0.05) is 5.69 Å². The molecule has 0 aliphatic heterocycles. The quantitative estimate of drug-likeness (QED) is 0.507. The molecule has 0 saturated carbocycles. The van der Waals surface area contributed by atoms with E-state index in [4.69, 9.17) is 5.73 Å². The summed E-state index contributed by atoms with van der Waals surface area (Å²) >= 11 is 0. The summed E-state index contributed by atoms with van der Waals surface area (Å²) in [5.41, 5.74) is 7.54. The first-order valence-corrected chi connectivity index (χ1v) is 5.06. The molecule has 0 fully saturated rings. The van der Waals surface area contributed by atoms with Gasteiger partial charge in [0.1, 0.15) is 0 Å². The van der Waals surface area contributed by atoms with Gasteiger partial charge in [0.15, 0.2) is 5.96 Å². The number of anilines is 1. The van der Waals surface area contributed by atoms with Gasteiger partial charge in [0.25, 0.3) is 0 Å². The van der Waals surface area contributed by atoms with Gasteiger partial charge >= 0.3 is 19.5 Å². The second kappa shape index (κ2) is 8.39. The molecular weight excluding hydrogens is 280 g/mol. The van der Waals surface area contributed by atoms with Gasteiger partial charge in [-0.2, -0.15) is 0 Å². The monoisotopic (exact) mass is 291 g/mol. The predicted octanol–water partition coefficient (Wildman–Crippen LogP) is 2.62. The number of guanidine groups is 1. The van der Waals surface area contributed by atoms with Crippen LogP contribution in [0.3, 0.4) is 0 Å². The molecule has 0 amide bonds. The summed E-state index contributed by atoms with van der Waals surface area (Å²) in [6, 6.07) is 19.3. The van der Waals surface area contributed by atoms with Gasteiger partial charge in [-0.1, -0.05) is 36.4 Å². The molecule has 88 valence electrons. The number of rotatable bonds is 2. The van der Waals surface area contributed by atoms with Gasteiger partial charge in [-0.05, 0) is 24.3 Å². The van der Waals surface area contributed by atoms with Crippen molar-refractivity contribution in [3.05, 3.63) is 60.7 Å². The van der Waals surface area contributed by atoms with Crippen LogP contribution in [0.1, 0.15) is 0 Å². The second-order valence-electron chi connectivity index (χ2n) is 3.32. The van der Waals surface area contributed by atoms with E-state index < -0.39 is 0 Å². The summed E-state index contributed by atoms with van der Waals surface area (Å²) in [5, 5.41) is 3.02. The fraction of sp³-hybridized carbons (Fsp3) is 0.